The van der Waals surface area contributed by atoms with Gasteiger partial charge in [-0.15, -0.1) is 0 Å². The second kappa shape index (κ2) is 8.63. The summed E-state index contributed by atoms with van der Waals surface area (Å²) < 4.78 is 97.6. The van der Waals surface area contributed by atoms with Crippen LogP contribution in [0, 0.1) is 13.8 Å². The fourth-order valence-electron chi connectivity index (χ4n) is 2.23. The second-order valence-corrected chi connectivity index (χ2v) is 9.74. The zero-order valence-electron chi connectivity index (χ0n) is 15.9. The zero-order valence-corrected chi connectivity index (χ0v) is 17.5. The van der Waals surface area contributed by atoms with Gasteiger partial charge in [-0.2, -0.15) is 30.0 Å². The summed E-state index contributed by atoms with van der Waals surface area (Å²) in [6.45, 7) is -0.512. The highest BCUT2D eigenvalue weighted by Gasteiger charge is 2.56. The van der Waals surface area contributed by atoms with E-state index < -0.39 is 50.1 Å². The lowest BCUT2D eigenvalue weighted by Gasteiger charge is -2.29. The van der Waals surface area contributed by atoms with Crippen LogP contribution >= 0.6 is 0 Å². The molecule has 1 atom stereocenters. The number of alkyl halides is 3. The Kier molecular flexibility index (Phi) is 6.99. The zero-order chi connectivity index (χ0) is 22.8. The van der Waals surface area contributed by atoms with E-state index in [0.29, 0.717) is 5.56 Å². The summed E-state index contributed by atoms with van der Waals surface area (Å²) in [4.78, 5) is -0.811. The lowest BCUT2D eigenvalue weighted by atomic mass is 10.1. The molecule has 0 aromatic heterocycles. The summed E-state index contributed by atoms with van der Waals surface area (Å²) >= 11 is 0. The predicted molar refractivity (Wildman–Crippen MR) is 99.6 cm³/mol. The lowest BCUT2D eigenvalue weighted by molar-refractivity contribution is -0.275. The van der Waals surface area contributed by atoms with Crippen molar-refractivity contribution < 1.29 is 43.5 Å². The topological polar surface area (TPSA) is 107 Å². The molecule has 2 rings (SSSR count). The molecule has 0 radical (unpaired) electrons. The summed E-state index contributed by atoms with van der Waals surface area (Å²) in [6, 6.07) is 10.4. The van der Waals surface area contributed by atoms with Gasteiger partial charge in [-0.05, 0) is 37.6 Å². The highest BCUT2D eigenvalue weighted by atomic mass is 32.2. The molecular formula is C18H19F3O7S2. The van der Waals surface area contributed by atoms with Crippen molar-refractivity contribution in [2.45, 2.75) is 35.4 Å². The van der Waals surface area contributed by atoms with Crippen LogP contribution in [0.25, 0.3) is 0 Å². The van der Waals surface area contributed by atoms with Gasteiger partial charge in [-0.3, -0.25) is 8.37 Å². The molecule has 0 amide bonds. The summed E-state index contributed by atoms with van der Waals surface area (Å²) in [6.07, 6.45) is -5.45. The molecule has 0 spiro atoms. The molecule has 0 saturated heterocycles. The number of benzene rings is 2. The predicted octanol–water partition coefficient (Wildman–Crippen LogP) is 2.71. The van der Waals surface area contributed by atoms with Crippen LogP contribution in [0.5, 0.6) is 0 Å². The normalized spacial score (nSPS) is 15.0. The van der Waals surface area contributed by atoms with E-state index in [2.05, 4.69) is 8.37 Å². The minimum Gasteiger partial charge on any atom is -0.377 e. The second-order valence-electron chi connectivity index (χ2n) is 6.54. The maximum Gasteiger partial charge on any atom is 0.421 e. The molecule has 0 aliphatic heterocycles. The van der Waals surface area contributed by atoms with Crippen LogP contribution in [0.2, 0.25) is 0 Å². The average Bonchev–Trinajstić information content (AvgIpc) is 2.64. The fourth-order valence-corrected chi connectivity index (χ4v) is 4.37. The molecule has 1 N–H and O–H groups in total. The molecule has 166 valence electrons. The number of hydrogen-bond acceptors (Lipinski definition) is 7. The Bertz CT molecular complexity index is 1100. The van der Waals surface area contributed by atoms with Crippen molar-refractivity contribution in [3.8, 4) is 0 Å². The van der Waals surface area contributed by atoms with Crippen molar-refractivity contribution in [3.63, 3.8) is 0 Å². The molecule has 0 saturated carbocycles. The van der Waals surface area contributed by atoms with Crippen molar-refractivity contribution >= 4 is 20.2 Å². The third kappa shape index (κ3) is 5.58. The van der Waals surface area contributed by atoms with Gasteiger partial charge in [-0.1, -0.05) is 35.9 Å². The van der Waals surface area contributed by atoms with Crippen LogP contribution in [-0.4, -0.2) is 46.9 Å². The van der Waals surface area contributed by atoms with Crippen molar-refractivity contribution in [2.75, 3.05) is 13.2 Å². The van der Waals surface area contributed by atoms with Gasteiger partial charge >= 0.3 is 6.18 Å². The maximum absolute atomic E-state index is 13.4. The molecule has 12 heteroatoms. The van der Waals surface area contributed by atoms with E-state index >= 15 is 0 Å². The SMILES string of the molecule is Cc1ccc(S(=O)(=O)OCC(O)(COS(=O)(=O)c2ccccc2C)C(F)(F)F)cc1. The first-order chi connectivity index (χ1) is 13.7. The van der Waals surface area contributed by atoms with E-state index in [-0.39, 0.29) is 10.5 Å². The largest absolute Gasteiger partial charge is 0.421 e. The van der Waals surface area contributed by atoms with Crippen LogP contribution in [0.1, 0.15) is 11.1 Å². The number of rotatable bonds is 8. The smallest absolute Gasteiger partial charge is 0.377 e. The fraction of sp³-hybridized carbons (Fsp3) is 0.333. The molecule has 0 heterocycles. The molecule has 1 unspecified atom stereocenters. The Morgan fingerprint density at radius 2 is 1.33 bits per heavy atom. The van der Waals surface area contributed by atoms with E-state index in [1.54, 1.807) is 6.92 Å². The Balaban J connectivity index is 2.22. The highest BCUT2D eigenvalue weighted by molar-refractivity contribution is 7.87. The van der Waals surface area contributed by atoms with Gasteiger partial charge in [0, 0.05) is 0 Å². The number of halogens is 3. The summed E-state index contributed by atoms with van der Waals surface area (Å²) in [5.74, 6) is 0. The van der Waals surface area contributed by atoms with Crippen LogP contribution in [-0.2, 0) is 28.6 Å². The maximum atomic E-state index is 13.4. The van der Waals surface area contributed by atoms with Crippen molar-refractivity contribution in [3.05, 3.63) is 59.7 Å². The van der Waals surface area contributed by atoms with Gasteiger partial charge in [0.2, 0.25) is 5.60 Å². The summed E-state index contributed by atoms with van der Waals surface area (Å²) in [5, 5.41) is 9.98. The Labute approximate surface area is 172 Å². The molecule has 0 fully saturated rings. The van der Waals surface area contributed by atoms with E-state index in [9.17, 15) is 35.1 Å². The van der Waals surface area contributed by atoms with Gasteiger partial charge in [0.1, 0.15) is 13.2 Å². The van der Waals surface area contributed by atoms with Crippen molar-refractivity contribution in [1.29, 1.82) is 0 Å². The number of hydrogen-bond donors (Lipinski definition) is 1. The van der Waals surface area contributed by atoms with Crippen LogP contribution in [0.3, 0.4) is 0 Å². The average molecular weight is 468 g/mol. The number of aliphatic hydroxyl groups is 1. The Morgan fingerprint density at radius 3 is 1.83 bits per heavy atom. The van der Waals surface area contributed by atoms with Gasteiger partial charge < -0.3 is 5.11 Å². The van der Waals surface area contributed by atoms with Crippen molar-refractivity contribution in [2.24, 2.45) is 0 Å². The minimum absolute atomic E-state index is 0.214. The van der Waals surface area contributed by atoms with Crippen LogP contribution in [0.15, 0.2) is 58.3 Å². The van der Waals surface area contributed by atoms with Gasteiger partial charge in [0.15, 0.2) is 0 Å². The molecule has 0 bridgehead atoms. The van der Waals surface area contributed by atoms with E-state index in [1.165, 1.54) is 37.3 Å². The first-order valence-electron chi connectivity index (χ1n) is 8.38. The molecular weight excluding hydrogens is 449 g/mol. The van der Waals surface area contributed by atoms with Crippen molar-refractivity contribution in [1.82, 2.24) is 0 Å². The highest BCUT2D eigenvalue weighted by Crippen LogP contribution is 2.33. The first-order valence-corrected chi connectivity index (χ1v) is 11.2. The molecule has 7 nitrogen and oxygen atoms in total. The minimum atomic E-state index is -5.45. The van der Waals surface area contributed by atoms with E-state index in [0.717, 1.165) is 18.2 Å². The molecule has 2 aromatic rings. The first kappa shape index (κ1) is 24.3. The number of aryl methyl sites for hydroxylation is 2. The van der Waals surface area contributed by atoms with Gasteiger partial charge in [0.05, 0.1) is 9.79 Å². The van der Waals surface area contributed by atoms with Gasteiger partial charge in [-0.25, -0.2) is 0 Å². The third-order valence-electron chi connectivity index (χ3n) is 4.11. The van der Waals surface area contributed by atoms with Crippen LogP contribution in [0.4, 0.5) is 13.2 Å². The molecule has 2 aromatic carbocycles. The summed E-state index contributed by atoms with van der Waals surface area (Å²) in [5.41, 5.74) is -2.98. The lowest BCUT2D eigenvalue weighted by Crippen LogP contribution is -2.53. The van der Waals surface area contributed by atoms with E-state index in [4.69, 9.17) is 0 Å². The van der Waals surface area contributed by atoms with Gasteiger partial charge in [0.25, 0.3) is 20.2 Å². The standard InChI is InChI=1S/C18H19F3O7S2/c1-13-7-9-15(10-8-13)29(23,24)27-11-17(22,18(19,20)21)12-28-30(25,26)16-6-4-3-5-14(16)2/h3-10,22H,11-12H2,1-2H3. The monoisotopic (exact) mass is 468 g/mol. The third-order valence-corrected chi connectivity index (χ3v) is 6.81. The Hall–Kier alpha value is -1.99. The summed E-state index contributed by atoms with van der Waals surface area (Å²) in [7, 11) is -9.31. The molecule has 30 heavy (non-hydrogen) atoms. The Morgan fingerprint density at radius 1 is 0.833 bits per heavy atom. The molecule has 0 aliphatic carbocycles. The van der Waals surface area contributed by atoms with Crippen LogP contribution < -0.4 is 0 Å². The van der Waals surface area contributed by atoms with E-state index in [1.807, 2.05) is 0 Å². The quantitative estimate of drug-likeness (QED) is 0.594. The molecule has 0 aliphatic rings.